The van der Waals surface area contributed by atoms with Crippen LogP contribution in [-0.2, 0) is 9.53 Å². The van der Waals surface area contributed by atoms with Crippen LogP contribution < -0.4 is 5.32 Å². The number of nitrogens with one attached hydrogen (secondary N) is 1. The number of amides is 1. The molecule has 1 saturated carbocycles. The van der Waals surface area contributed by atoms with E-state index >= 15 is 0 Å². The summed E-state index contributed by atoms with van der Waals surface area (Å²) in [6.45, 7) is -0.358. The minimum Gasteiger partial charge on any atom is -0.450 e. The SMILES string of the molecule is O=C(COC(=O)c1ccc(-c2ccc([N+](=O)[O-])cc2)o1)NC1CCCC1. The topological polar surface area (TPSA) is 112 Å². The van der Waals surface area contributed by atoms with Crippen LogP contribution in [0.5, 0.6) is 0 Å². The van der Waals surface area contributed by atoms with Gasteiger partial charge in [0.25, 0.3) is 11.6 Å². The first kappa shape index (κ1) is 17.7. The Hall–Kier alpha value is -3.16. The van der Waals surface area contributed by atoms with Crippen LogP contribution in [0.15, 0.2) is 40.8 Å². The van der Waals surface area contributed by atoms with Crippen LogP contribution in [0.25, 0.3) is 11.3 Å². The summed E-state index contributed by atoms with van der Waals surface area (Å²) in [5.74, 6) is -0.721. The van der Waals surface area contributed by atoms with Gasteiger partial charge in [0.15, 0.2) is 6.61 Å². The molecule has 0 spiro atoms. The predicted molar refractivity (Wildman–Crippen MR) is 91.5 cm³/mol. The molecule has 0 atom stereocenters. The van der Waals surface area contributed by atoms with E-state index in [0.29, 0.717) is 11.3 Å². The van der Waals surface area contributed by atoms with Gasteiger partial charge in [0.2, 0.25) is 5.76 Å². The standard InChI is InChI=1S/C18H18N2O6/c21-17(19-13-3-1-2-4-13)11-25-18(22)16-10-9-15(26-16)12-5-7-14(8-6-12)20(23)24/h5-10,13H,1-4,11H2,(H,19,21). The summed E-state index contributed by atoms with van der Waals surface area (Å²) in [5, 5.41) is 13.5. The Morgan fingerprint density at radius 3 is 2.50 bits per heavy atom. The van der Waals surface area contributed by atoms with Crippen molar-refractivity contribution in [3.8, 4) is 11.3 Å². The lowest BCUT2D eigenvalue weighted by atomic mass is 10.1. The highest BCUT2D eigenvalue weighted by Crippen LogP contribution is 2.25. The maximum absolute atomic E-state index is 12.0. The van der Waals surface area contributed by atoms with Crippen LogP contribution in [-0.4, -0.2) is 29.4 Å². The molecule has 1 aliphatic carbocycles. The molecule has 1 amide bonds. The molecular formula is C18H18N2O6. The van der Waals surface area contributed by atoms with Gasteiger partial charge in [0.1, 0.15) is 5.76 Å². The Kier molecular flexibility index (Phi) is 5.31. The molecule has 26 heavy (non-hydrogen) atoms. The Morgan fingerprint density at radius 2 is 1.85 bits per heavy atom. The summed E-state index contributed by atoms with van der Waals surface area (Å²) in [5.41, 5.74) is 0.557. The molecule has 1 aliphatic rings. The number of hydrogen-bond donors (Lipinski definition) is 1. The molecule has 2 aromatic rings. The van der Waals surface area contributed by atoms with Gasteiger partial charge in [-0.25, -0.2) is 4.79 Å². The molecule has 8 nitrogen and oxygen atoms in total. The molecule has 8 heteroatoms. The number of nitro groups is 1. The van der Waals surface area contributed by atoms with Gasteiger partial charge in [0.05, 0.1) is 4.92 Å². The lowest BCUT2D eigenvalue weighted by Gasteiger charge is -2.11. The number of rotatable bonds is 6. The largest absolute Gasteiger partial charge is 0.450 e. The fourth-order valence-corrected chi connectivity index (χ4v) is 2.89. The number of nitrogens with zero attached hydrogens (tertiary/aromatic N) is 1. The van der Waals surface area contributed by atoms with Gasteiger partial charge < -0.3 is 14.5 Å². The van der Waals surface area contributed by atoms with Crippen LogP contribution in [0.3, 0.4) is 0 Å². The summed E-state index contributed by atoms with van der Waals surface area (Å²) in [6.07, 6.45) is 4.11. The fraction of sp³-hybridized carbons (Fsp3) is 0.333. The van der Waals surface area contributed by atoms with Gasteiger partial charge in [-0.1, -0.05) is 12.8 Å². The lowest BCUT2D eigenvalue weighted by molar-refractivity contribution is -0.384. The predicted octanol–water partition coefficient (Wildman–Crippen LogP) is 3.07. The Bertz CT molecular complexity index is 805. The van der Waals surface area contributed by atoms with Crippen molar-refractivity contribution in [2.24, 2.45) is 0 Å². The summed E-state index contributed by atoms with van der Waals surface area (Å²) in [4.78, 5) is 33.9. The highest BCUT2D eigenvalue weighted by Gasteiger charge is 2.19. The van der Waals surface area contributed by atoms with Crippen molar-refractivity contribution in [2.75, 3.05) is 6.61 Å². The lowest BCUT2D eigenvalue weighted by Crippen LogP contribution is -2.35. The molecule has 0 unspecified atom stereocenters. The summed E-state index contributed by atoms with van der Waals surface area (Å²) in [7, 11) is 0. The third-order valence-corrected chi connectivity index (χ3v) is 4.22. The maximum Gasteiger partial charge on any atom is 0.374 e. The van der Waals surface area contributed by atoms with Crippen molar-refractivity contribution >= 4 is 17.6 Å². The number of ether oxygens (including phenoxy) is 1. The van der Waals surface area contributed by atoms with Gasteiger partial charge in [-0.15, -0.1) is 0 Å². The van der Waals surface area contributed by atoms with Crippen molar-refractivity contribution in [2.45, 2.75) is 31.7 Å². The molecule has 0 aliphatic heterocycles. The van der Waals surface area contributed by atoms with Crippen molar-refractivity contribution < 1.29 is 23.7 Å². The number of furan rings is 1. The number of carbonyl (C=O) groups is 2. The molecule has 0 bridgehead atoms. The minimum atomic E-state index is -0.736. The van der Waals surface area contributed by atoms with E-state index < -0.39 is 10.9 Å². The van der Waals surface area contributed by atoms with Crippen LogP contribution in [0, 0.1) is 10.1 Å². The molecule has 136 valence electrons. The number of non-ortho nitro benzene ring substituents is 1. The number of carbonyl (C=O) groups excluding carboxylic acids is 2. The quantitative estimate of drug-likeness (QED) is 0.482. The number of benzene rings is 1. The summed E-state index contributed by atoms with van der Waals surface area (Å²) < 4.78 is 10.4. The highest BCUT2D eigenvalue weighted by molar-refractivity contribution is 5.89. The van der Waals surface area contributed by atoms with E-state index in [-0.39, 0.29) is 30.0 Å². The van der Waals surface area contributed by atoms with Crippen LogP contribution in [0.1, 0.15) is 36.2 Å². The van der Waals surface area contributed by atoms with E-state index in [4.69, 9.17) is 9.15 Å². The molecule has 1 fully saturated rings. The zero-order valence-corrected chi connectivity index (χ0v) is 14.0. The van der Waals surface area contributed by atoms with Crippen molar-refractivity contribution in [3.05, 3.63) is 52.3 Å². The second-order valence-electron chi connectivity index (χ2n) is 6.09. The first-order valence-electron chi connectivity index (χ1n) is 8.34. The van der Waals surface area contributed by atoms with Gasteiger partial charge >= 0.3 is 5.97 Å². The molecule has 0 radical (unpaired) electrons. The second-order valence-corrected chi connectivity index (χ2v) is 6.09. The van der Waals surface area contributed by atoms with E-state index in [9.17, 15) is 19.7 Å². The van der Waals surface area contributed by atoms with Crippen molar-refractivity contribution in [1.29, 1.82) is 0 Å². The van der Waals surface area contributed by atoms with Crippen LogP contribution >= 0.6 is 0 Å². The first-order chi connectivity index (χ1) is 12.5. The molecule has 3 rings (SSSR count). The Labute approximate surface area is 149 Å². The van der Waals surface area contributed by atoms with Gasteiger partial charge in [-0.3, -0.25) is 14.9 Å². The zero-order valence-electron chi connectivity index (χ0n) is 14.0. The third-order valence-electron chi connectivity index (χ3n) is 4.22. The average molecular weight is 358 g/mol. The molecule has 1 N–H and O–H groups in total. The van der Waals surface area contributed by atoms with Gasteiger partial charge in [-0.05, 0) is 37.1 Å². The average Bonchev–Trinajstić information content (AvgIpc) is 3.31. The second kappa shape index (κ2) is 7.81. The minimum absolute atomic E-state index is 0.0341. The molecule has 0 saturated heterocycles. The monoisotopic (exact) mass is 358 g/mol. The molecule has 1 aromatic carbocycles. The number of hydrogen-bond acceptors (Lipinski definition) is 6. The van der Waals surface area contributed by atoms with Crippen molar-refractivity contribution in [1.82, 2.24) is 5.32 Å². The normalized spacial score (nSPS) is 14.2. The number of nitro benzene ring substituents is 1. The maximum atomic E-state index is 12.0. The van der Waals surface area contributed by atoms with E-state index in [1.807, 2.05) is 0 Å². The third kappa shape index (κ3) is 4.27. The first-order valence-corrected chi connectivity index (χ1v) is 8.34. The smallest absolute Gasteiger partial charge is 0.374 e. The van der Waals surface area contributed by atoms with E-state index in [2.05, 4.69) is 5.32 Å². The molecule has 1 heterocycles. The Morgan fingerprint density at radius 1 is 1.15 bits per heavy atom. The van der Waals surface area contributed by atoms with Crippen molar-refractivity contribution in [3.63, 3.8) is 0 Å². The van der Waals surface area contributed by atoms with E-state index in [1.54, 1.807) is 6.07 Å². The fourth-order valence-electron chi connectivity index (χ4n) is 2.89. The molecule has 1 aromatic heterocycles. The Balaban J connectivity index is 1.55. The van der Waals surface area contributed by atoms with Gasteiger partial charge in [-0.2, -0.15) is 0 Å². The van der Waals surface area contributed by atoms with Crippen LogP contribution in [0.2, 0.25) is 0 Å². The van der Waals surface area contributed by atoms with E-state index in [1.165, 1.54) is 30.3 Å². The van der Waals surface area contributed by atoms with E-state index in [0.717, 1.165) is 25.7 Å². The van der Waals surface area contributed by atoms with Gasteiger partial charge in [0, 0.05) is 23.7 Å². The number of esters is 1. The highest BCUT2D eigenvalue weighted by atomic mass is 16.6. The van der Waals surface area contributed by atoms with Crippen LogP contribution in [0.4, 0.5) is 5.69 Å². The molecular weight excluding hydrogens is 340 g/mol. The zero-order chi connectivity index (χ0) is 18.5. The summed E-state index contributed by atoms with van der Waals surface area (Å²) >= 11 is 0. The summed E-state index contributed by atoms with van der Waals surface area (Å²) in [6, 6.07) is 8.93.